The van der Waals surface area contributed by atoms with Crippen molar-refractivity contribution < 1.29 is 9.47 Å². The van der Waals surface area contributed by atoms with Crippen molar-refractivity contribution in [2.24, 2.45) is 0 Å². The average Bonchev–Trinajstić information content (AvgIpc) is 2.53. The Labute approximate surface area is 82.4 Å². The lowest BCUT2D eigenvalue weighted by atomic mass is 10.2. The lowest BCUT2D eigenvalue weighted by Gasteiger charge is -2.09. The molecule has 0 N–H and O–H groups in total. The quantitative estimate of drug-likeness (QED) is 0.691. The fourth-order valence-electron chi connectivity index (χ4n) is 1.31. The fourth-order valence-corrected chi connectivity index (χ4v) is 1.43. The topological polar surface area (TPSA) is 18.5 Å². The molecule has 1 aromatic carbocycles. The Morgan fingerprint density at radius 2 is 2.00 bits per heavy atom. The van der Waals surface area contributed by atoms with Gasteiger partial charge in [0.15, 0.2) is 6.29 Å². The lowest BCUT2D eigenvalue weighted by Crippen LogP contribution is -2.02. The molecule has 13 heavy (non-hydrogen) atoms. The van der Waals surface area contributed by atoms with Crippen LogP contribution in [0.3, 0.4) is 0 Å². The summed E-state index contributed by atoms with van der Waals surface area (Å²) in [6.07, 6.45) is -0.0343. The van der Waals surface area contributed by atoms with E-state index in [2.05, 4.69) is 0 Å². The van der Waals surface area contributed by atoms with Crippen LogP contribution in [-0.2, 0) is 9.47 Å². The molecule has 0 bridgehead atoms. The zero-order valence-corrected chi connectivity index (χ0v) is 8.12. The van der Waals surface area contributed by atoms with Crippen molar-refractivity contribution in [1.29, 1.82) is 0 Å². The van der Waals surface area contributed by atoms with Gasteiger partial charge in [0, 0.05) is 10.6 Å². The van der Waals surface area contributed by atoms with E-state index < -0.39 is 0 Å². The van der Waals surface area contributed by atoms with Gasteiger partial charge in [-0.05, 0) is 19.1 Å². The van der Waals surface area contributed by atoms with E-state index >= 15 is 0 Å². The highest BCUT2D eigenvalue weighted by molar-refractivity contribution is 6.30. The van der Waals surface area contributed by atoms with Crippen LogP contribution in [0, 0.1) is 0 Å². The van der Waals surface area contributed by atoms with Crippen molar-refractivity contribution in [1.82, 2.24) is 0 Å². The molecule has 0 spiro atoms. The zero-order valence-electron chi connectivity index (χ0n) is 7.37. The Kier molecular flexibility index (Phi) is 2.54. The fraction of sp³-hybridized carbons (Fsp3) is 0.400. The molecular weight excluding hydrogens is 188 g/mol. The van der Waals surface area contributed by atoms with E-state index in [1.165, 1.54) is 0 Å². The summed E-state index contributed by atoms with van der Waals surface area (Å²) >= 11 is 5.77. The van der Waals surface area contributed by atoms with Gasteiger partial charge in [-0.1, -0.05) is 23.7 Å². The van der Waals surface area contributed by atoms with Gasteiger partial charge in [-0.15, -0.1) is 0 Å². The van der Waals surface area contributed by atoms with Crippen LogP contribution < -0.4 is 0 Å². The summed E-state index contributed by atoms with van der Waals surface area (Å²) in [7, 11) is 0. The molecule has 0 radical (unpaired) electrons. The third kappa shape index (κ3) is 2.02. The molecule has 2 atom stereocenters. The predicted molar refractivity (Wildman–Crippen MR) is 50.7 cm³/mol. The number of hydrogen-bond donors (Lipinski definition) is 0. The lowest BCUT2D eigenvalue weighted by molar-refractivity contribution is -0.0572. The molecular formula is C10H11ClO2. The van der Waals surface area contributed by atoms with Crippen LogP contribution in [0.1, 0.15) is 18.8 Å². The second-order valence-electron chi connectivity index (χ2n) is 3.16. The van der Waals surface area contributed by atoms with E-state index in [1.807, 2.05) is 31.2 Å². The van der Waals surface area contributed by atoms with Crippen LogP contribution >= 0.6 is 11.6 Å². The molecule has 0 aliphatic carbocycles. The molecule has 1 heterocycles. The summed E-state index contributed by atoms with van der Waals surface area (Å²) in [4.78, 5) is 0. The van der Waals surface area contributed by atoms with Crippen molar-refractivity contribution in [3.8, 4) is 0 Å². The summed E-state index contributed by atoms with van der Waals surface area (Å²) in [5, 5.41) is 0.731. The number of halogens is 1. The molecule has 0 saturated carbocycles. The summed E-state index contributed by atoms with van der Waals surface area (Å²) < 4.78 is 10.9. The minimum Gasteiger partial charge on any atom is -0.346 e. The van der Waals surface area contributed by atoms with E-state index in [1.54, 1.807) is 0 Å². The highest BCUT2D eigenvalue weighted by Gasteiger charge is 2.23. The molecule has 0 aromatic heterocycles. The molecule has 70 valence electrons. The Morgan fingerprint density at radius 1 is 1.31 bits per heavy atom. The van der Waals surface area contributed by atoms with Crippen molar-refractivity contribution >= 4 is 11.6 Å². The molecule has 1 saturated heterocycles. The predicted octanol–water partition coefficient (Wildman–Crippen LogP) is 2.77. The average molecular weight is 199 g/mol. The molecule has 1 aliphatic heterocycles. The van der Waals surface area contributed by atoms with E-state index in [0.29, 0.717) is 6.61 Å². The molecule has 1 fully saturated rings. The summed E-state index contributed by atoms with van der Waals surface area (Å²) in [5.74, 6) is 0. The van der Waals surface area contributed by atoms with Gasteiger partial charge in [0.2, 0.25) is 0 Å². The van der Waals surface area contributed by atoms with Crippen molar-refractivity contribution in [3.05, 3.63) is 34.9 Å². The van der Waals surface area contributed by atoms with E-state index in [4.69, 9.17) is 21.1 Å². The first-order valence-corrected chi connectivity index (χ1v) is 4.66. The third-order valence-corrected chi connectivity index (χ3v) is 2.23. The standard InChI is InChI=1S/C10H11ClO2/c1-7-6-12-10(13-7)8-2-4-9(11)5-3-8/h2-5,7,10H,6H2,1H3/t7-,10-/m1/s1. The molecule has 2 rings (SSSR count). The van der Waals surface area contributed by atoms with Crippen LogP contribution in [0.2, 0.25) is 5.02 Å². The Morgan fingerprint density at radius 3 is 2.54 bits per heavy atom. The van der Waals surface area contributed by atoms with Gasteiger partial charge in [0.25, 0.3) is 0 Å². The van der Waals surface area contributed by atoms with E-state index in [-0.39, 0.29) is 12.4 Å². The maximum atomic E-state index is 5.77. The second-order valence-corrected chi connectivity index (χ2v) is 3.60. The molecule has 0 amide bonds. The van der Waals surface area contributed by atoms with Gasteiger partial charge in [-0.3, -0.25) is 0 Å². The van der Waals surface area contributed by atoms with Crippen LogP contribution in [-0.4, -0.2) is 12.7 Å². The molecule has 1 aliphatic rings. The zero-order chi connectivity index (χ0) is 9.26. The largest absolute Gasteiger partial charge is 0.346 e. The smallest absolute Gasteiger partial charge is 0.184 e. The van der Waals surface area contributed by atoms with E-state index in [0.717, 1.165) is 10.6 Å². The number of hydrogen-bond acceptors (Lipinski definition) is 2. The Hall–Kier alpha value is -0.570. The highest BCUT2D eigenvalue weighted by Crippen LogP contribution is 2.27. The molecule has 1 aromatic rings. The Balaban J connectivity index is 2.13. The van der Waals surface area contributed by atoms with Crippen molar-refractivity contribution in [3.63, 3.8) is 0 Å². The van der Waals surface area contributed by atoms with Gasteiger partial charge < -0.3 is 9.47 Å². The van der Waals surface area contributed by atoms with Gasteiger partial charge in [0.05, 0.1) is 12.7 Å². The number of rotatable bonds is 1. The first kappa shape index (κ1) is 9.00. The van der Waals surface area contributed by atoms with Crippen molar-refractivity contribution in [2.45, 2.75) is 19.3 Å². The van der Waals surface area contributed by atoms with Gasteiger partial charge in [-0.2, -0.15) is 0 Å². The SMILES string of the molecule is C[C@@H]1CO[C@@H](c2ccc(Cl)cc2)O1. The summed E-state index contributed by atoms with van der Waals surface area (Å²) in [6, 6.07) is 7.52. The van der Waals surface area contributed by atoms with Crippen LogP contribution in [0.25, 0.3) is 0 Å². The number of benzene rings is 1. The van der Waals surface area contributed by atoms with Crippen LogP contribution in [0.15, 0.2) is 24.3 Å². The third-order valence-electron chi connectivity index (χ3n) is 1.98. The van der Waals surface area contributed by atoms with Crippen LogP contribution in [0.5, 0.6) is 0 Å². The summed E-state index contributed by atoms with van der Waals surface area (Å²) in [5.41, 5.74) is 1.02. The van der Waals surface area contributed by atoms with Gasteiger partial charge in [0.1, 0.15) is 0 Å². The number of ether oxygens (including phenoxy) is 2. The van der Waals surface area contributed by atoms with Gasteiger partial charge >= 0.3 is 0 Å². The minimum absolute atomic E-state index is 0.181. The Bertz CT molecular complexity index is 283. The maximum absolute atomic E-state index is 5.77. The maximum Gasteiger partial charge on any atom is 0.184 e. The first-order valence-electron chi connectivity index (χ1n) is 4.28. The monoisotopic (exact) mass is 198 g/mol. The summed E-state index contributed by atoms with van der Waals surface area (Å²) in [6.45, 7) is 2.66. The molecule has 3 heteroatoms. The molecule has 2 nitrogen and oxygen atoms in total. The minimum atomic E-state index is -0.215. The van der Waals surface area contributed by atoms with Crippen LogP contribution in [0.4, 0.5) is 0 Å². The highest BCUT2D eigenvalue weighted by atomic mass is 35.5. The normalized spacial score (nSPS) is 27.8. The second kappa shape index (κ2) is 3.66. The van der Waals surface area contributed by atoms with Crippen molar-refractivity contribution in [2.75, 3.05) is 6.61 Å². The van der Waals surface area contributed by atoms with E-state index in [9.17, 15) is 0 Å². The first-order chi connectivity index (χ1) is 6.25. The van der Waals surface area contributed by atoms with Gasteiger partial charge in [-0.25, -0.2) is 0 Å². The molecule has 0 unspecified atom stereocenters.